The van der Waals surface area contributed by atoms with Crippen molar-refractivity contribution in [1.82, 2.24) is 10.3 Å². The summed E-state index contributed by atoms with van der Waals surface area (Å²) in [6.45, 7) is 8.54. The quantitative estimate of drug-likeness (QED) is 0.767. The van der Waals surface area contributed by atoms with Crippen molar-refractivity contribution in [2.24, 2.45) is 11.7 Å². The van der Waals surface area contributed by atoms with Gasteiger partial charge >= 0.3 is 0 Å². The van der Waals surface area contributed by atoms with Gasteiger partial charge in [0.15, 0.2) is 6.10 Å². The third-order valence-electron chi connectivity index (χ3n) is 3.16. The zero-order valence-electron chi connectivity index (χ0n) is 13.4. The Morgan fingerprint density at radius 1 is 1.38 bits per heavy atom. The largest absolute Gasteiger partial charge is 0.479 e. The van der Waals surface area contributed by atoms with Gasteiger partial charge in [-0.05, 0) is 31.4 Å². The maximum Gasteiger partial charge on any atom is 0.260 e. The Hall–Kier alpha value is -1.62. The van der Waals surface area contributed by atoms with E-state index in [0.29, 0.717) is 18.2 Å². The number of amides is 1. The van der Waals surface area contributed by atoms with E-state index in [9.17, 15) is 4.79 Å². The van der Waals surface area contributed by atoms with Crippen LogP contribution in [-0.4, -0.2) is 29.6 Å². The molecule has 2 atom stereocenters. The normalized spacial score (nSPS) is 13.8. The van der Waals surface area contributed by atoms with Crippen molar-refractivity contribution in [2.75, 3.05) is 6.54 Å². The Kier molecular flexibility index (Phi) is 7.15. The molecule has 1 aromatic heterocycles. The number of rotatable bonds is 8. The highest BCUT2D eigenvalue weighted by Gasteiger charge is 2.14. The summed E-state index contributed by atoms with van der Waals surface area (Å²) >= 11 is 0. The summed E-state index contributed by atoms with van der Waals surface area (Å²) in [4.78, 5) is 16.1. The number of carbonyl (C=O) groups is 1. The van der Waals surface area contributed by atoms with Crippen molar-refractivity contribution in [2.45, 2.75) is 52.7 Å². The van der Waals surface area contributed by atoms with E-state index < -0.39 is 6.10 Å². The molecule has 1 amide bonds. The van der Waals surface area contributed by atoms with Gasteiger partial charge in [0, 0.05) is 24.7 Å². The van der Waals surface area contributed by atoms with Gasteiger partial charge in [0.1, 0.15) is 5.75 Å². The molecule has 1 aromatic rings. The fourth-order valence-corrected chi connectivity index (χ4v) is 1.72. The molecule has 0 spiro atoms. The molecule has 2 unspecified atom stereocenters. The maximum atomic E-state index is 11.8. The third-order valence-corrected chi connectivity index (χ3v) is 3.16. The van der Waals surface area contributed by atoms with Crippen molar-refractivity contribution in [1.29, 1.82) is 0 Å². The second kappa shape index (κ2) is 8.62. The lowest BCUT2D eigenvalue weighted by Gasteiger charge is -2.16. The number of pyridine rings is 1. The van der Waals surface area contributed by atoms with Crippen molar-refractivity contribution in [3.63, 3.8) is 0 Å². The summed E-state index contributed by atoms with van der Waals surface area (Å²) in [5, 5.41) is 2.85. The van der Waals surface area contributed by atoms with Crippen LogP contribution >= 0.6 is 0 Å². The van der Waals surface area contributed by atoms with E-state index in [2.05, 4.69) is 31.1 Å². The van der Waals surface area contributed by atoms with Crippen LogP contribution in [-0.2, 0) is 11.2 Å². The molecule has 118 valence electrons. The van der Waals surface area contributed by atoms with Crippen LogP contribution < -0.4 is 15.8 Å². The fraction of sp³-hybridized carbons (Fsp3) is 0.625. The lowest BCUT2D eigenvalue weighted by molar-refractivity contribution is -0.127. The summed E-state index contributed by atoms with van der Waals surface area (Å²) in [5.74, 6) is 0.904. The fourth-order valence-electron chi connectivity index (χ4n) is 1.72. The van der Waals surface area contributed by atoms with E-state index in [1.807, 2.05) is 12.1 Å². The number of nitrogens with one attached hydrogen (secondary N) is 1. The number of hydrogen-bond donors (Lipinski definition) is 2. The van der Waals surface area contributed by atoms with Crippen LogP contribution in [0.2, 0.25) is 0 Å². The Labute approximate surface area is 127 Å². The highest BCUT2D eigenvalue weighted by molar-refractivity contribution is 5.80. The summed E-state index contributed by atoms with van der Waals surface area (Å²) in [7, 11) is 0. The van der Waals surface area contributed by atoms with Crippen molar-refractivity contribution in [3.05, 3.63) is 24.0 Å². The van der Waals surface area contributed by atoms with Crippen LogP contribution in [0.5, 0.6) is 5.75 Å². The molecule has 0 aliphatic carbocycles. The van der Waals surface area contributed by atoms with Crippen LogP contribution in [0.4, 0.5) is 0 Å². The minimum absolute atomic E-state index is 0.110. The highest BCUT2D eigenvalue weighted by atomic mass is 16.5. The van der Waals surface area contributed by atoms with E-state index >= 15 is 0 Å². The van der Waals surface area contributed by atoms with E-state index in [1.54, 1.807) is 13.1 Å². The maximum absolute atomic E-state index is 11.8. The number of hydrogen-bond acceptors (Lipinski definition) is 4. The lowest BCUT2D eigenvalue weighted by atomic mass is 10.1. The van der Waals surface area contributed by atoms with E-state index in [-0.39, 0.29) is 11.9 Å². The molecule has 0 fully saturated rings. The first-order valence-corrected chi connectivity index (χ1v) is 7.57. The summed E-state index contributed by atoms with van der Waals surface area (Å²) < 4.78 is 5.59. The molecule has 0 aromatic carbocycles. The molecule has 0 bridgehead atoms. The number of nitrogens with two attached hydrogens (primary N) is 1. The van der Waals surface area contributed by atoms with Crippen LogP contribution in [0, 0.1) is 5.92 Å². The highest BCUT2D eigenvalue weighted by Crippen LogP contribution is 2.12. The van der Waals surface area contributed by atoms with Crippen LogP contribution in [0.15, 0.2) is 18.3 Å². The van der Waals surface area contributed by atoms with Gasteiger partial charge in [-0.15, -0.1) is 0 Å². The monoisotopic (exact) mass is 293 g/mol. The smallest absolute Gasteiger partial charge is 0.260 e. The summed E-state index contributed by atoms with van der Waals surface area (Å²) in [5.41, 5.74) is 6.84. The van der Waals surface area contributed by atoms with Crippen molar-refractivity contribution in [3.8, 4) is 5.75 Å². The van der Waals surface area contributed by atoms with Gasteiger partial charge in [0.25, 0.3) is 5.91 Å². The van der Waals surface area contributed by atoms with E-state index in [1.165, 1.54) is 0 Å². The second-order valence-electron chi connectivity index (χ2n) is 5.76. The van der Waals surface area contributed by atoms with Crippen molar-refractivity contribution >= 4 is 5.91 Å². The lowest BCUT2D eigenvalue weighted by Crippen LogP contribution is -2.38. The molecule has 0 aliphatic rings. The molecule has 1 rings (SSSR count). The average molecular weight is 293 g/mol. The van der Waals surface area contributed by atoms with Gasteiger partial charge in [-0.3, -0.25) is 9.78 Å². The molecule has 3 N–H and O–H groups in total. The van der Waals surface area contributed by atoms with E-state index in [0.717, 1.165) is 18.5 Å². The number of aromatic nitrogens is 1. The standard InChI is InChI=1S/C16H27N3O2/c1-5-13(17)8-14-6-7-15(10-18-14)21-12(4)16(20)19-9-11(2)3/h6-7,10-13H,5,8-9,17H2,1-4H3,(H,19,20). The molecular weight excluding hydrogens is 266 g/mol. The Balaban J connectivity index is 2.49. The van der Waals surface area contributed by atoms with Crippen LogP contribution in [0.25, 0.3) is 0 Å². The Bertz CT molecular complexity index is 432. The second-order valence-corrected chi connectivity index (χ2v) is 5.76. The average Bonchev–Trinajstić information content (AvgIpc) is 2.46. The zero-order valence-corrected chi connectivity index (χ0v) is 13.4. The third kappa shape index (κ3) is 6.58. The molecule has 0 saturated heterocycles. The first kappa shape index (κ1) is 17.4. The zero-order chi connectivity index (χ0) is 15.8. The first-order valence-electron chi connectivity index (χ1n) is 7.57. The topological polar surface area (TPSA) is 77.2 Å². The number of ether oxygens (including phenoxy) is 1. The predicted octanol–water partition coefficient (Wildman–Crippen LogP) is 1.90. The van der Waals surface area contributed by atoms with E-state index in [4.69, 9.17) is 10.5 Å². The van der Waals surface area contributed by atoms with Gasteiger partial charge < -0.3 is 15.8 Å². The van der Waals surface area contributed by atoms with Gasteiger partial charge in [0.05, 0.1) is 6.20 Å². The van der Waals surface area contributed by atoms with Gasteiger partial charge in [-0.1, -0.05) is 20.8 Å². The minimum atomic E-state index is -0.533. The summed E-state index contributed by atoms with van der Waals surface area (Å²) in [6.07, 6.45) is 2.78. The predicted molar refractivity (Wildman–Crippen MR) is 84.1 cm³/mol. The first-order chi connectivity index (χ1) is 9.92. The Morgan fingerprint density at radius 3 is 2.62 bits per heavy atom. The van der Waals surface area contributed by atoms with Gasteiger partial charge in [-0.25, -0.2) is 0 Å². The molecular formula is C16H27N3O2. The molecule has 5 heteroatoms. The molecule has 0 radical (unpaired) electrons. The molecule has 0 aliphatic heterocycles. The SMILES string of the molecule is CCC(N)Cc1ccc(OC(C)C(=O)NCC(C)C)cn1. The summed E-state index contributed by atoms with van der Waals surface area (Å²) in [6, 6.07) is 3.85. The molecule has 21 heavy (non-hydrogen) atoms. The Morgan fingerprint density at radius 2 is 2.10 bits per heavy atom. The minimum Gasteiger partial charge on any atom is -0.479 e. The van der Waals surface area contributed by atoms with Crippen LogP contribution in [0.1, 0.15) is 39.8 Å². The van der Waals surface area contributed by atoms with Crippen LogP contribution in [0.3, 0.4) is 0 Å². The molecule has 1 heterocycles. The van der Waals surface area contributed by atoms with Gasteiger partial charge in [-0.2, -0.15) is 0 Å². The number of carbonyl (C=O) groups excluding carboxylic acids is 1. The number of nitrogens with zero attached hydrogens (tertiary/aromatic N) is 1. The van der Waals surface area contributed by atoms with Gasteiger partial charge in [0.2, 0.25) is 0 Å². The van der Waals surface area contributed by atoms with Crippen molar-refractivity contribution < 1.29 is 9.53 Å². The molecule has 5 nitrogen and oxygen atoms in total. The molecule has 0 saturated carbocycles.